The minimum atomic E-state index is -3.98. The molecular formula is C24H25BrN2O4S. The topological polar surface area (TPSA) is 75.7 Å². The summed E-state index contributed by atoms with van der Waals surface area (Å²) < 4.78 is 34.2. The predicted molar refractivity (Wildman–Crippen MR) is 129 cm³/mol. The van der Waals surface area contributed by atoms with E-state index in [1.807, 2.05) is 44.2 Å². The van der Waals surface area contributed by atoms with Crippen LogP contribution in [0.5, 0.6) is 5.75 Å². The van der Waals surface area contributed by atoms with E-state index >= 15 is 0 Å². The van der Waals surface area contributed by atoms with Gasteiger partial charge in [0.15, 0.2) is 0 Å². The van der Waals surface area contributed by atoms with Crippen molar-refractivity contribution < 1.29 is 17.9 Å². The molecule has 0 aliphatic carbocycles. The number of benzene rings is 3. The van der Waals surface area contributed by atoms with Crippen molar-refractivity contribution in [3.05, 3.63) is 88.9 Å². The lowest BCUT2D eigenvalue weighted by Gasteiger charge is -2.25. The molecule has 0 saturated heterocycles. The van der Waals surface area contributed by atoms with Crippen LogP contribution in [0.1, 0.15) is 25.5 Å². The molecule has 168 valence electrons. The second-order valence-electron chi connectivity index (χ2n) is 7.09. The Kier molecular flexibility index (Phi) is 7.93. The molecule has 1 N–H and O–H groups in total. The maximum absolute atomic E-state index is 13.4. The van der Waals surface area contributed by atoms with Crippen molar-refractivity contribution in [2.75, 3.05) is 17.5 Å². The van der Waals surface area contributed by atoms with Gasteiger partial charge in [0, 0.05) is 4.47 Å². The van der Waals surface area contributed by atoms with Gasteiger partial charge in [-0.3, -0.25) is 9.10 Å². The number of anilines is 1. The first-order valence-electron chi connectivity index (χ1n) is 10.2. The van der Waals surface area contributed by atoms with Crippen LogP contribution in [0.3, 0.4) is 0 Å². The van der Waals surface area contributed by atoms with E-state index in [4.69, 9.17) is 4.74 Å². The number of nitrogens with zero attached hydrogens (tertiary/aromatic N) is 1. The third kappa shape index (κ3) is 5.89. The molecule has 32 heavy (non-hydrogen) atoms. The molecule has 0 aromatic heterocycles. The zero-order chi connectivity index (χ0) is 23.1. The standard InChI is InChI=1S/C24H25BrN2O4S/c1-3-31-22-13-11-21(12-14-22)27(32(29,30)23-15-9-20(25)10-16-23)17-24(28)26-18(2)19-7-5-4-6-8-19/h4-16,18H,3,17H2,1-2H3,(H,26,28)/t18-/m1/s1. The Morgan fingerprint density at radius 1 is 1.00 bits per heavy atom. The van der Waals surface area contributed by atoms with Gasteiger partial charge in [-0.1, -0.05) is 46.3 Å². The summed E-state index contributed by atoms with van der Waals surface area (Å²) in [4.78, 5) is 13.0. The predicted octanol–water partition coefficient (Wildman–Crippen LogP) is 4.92. The molecule has 8 heteroatoms. The highest BCUT2D eigenvalue weighted by Gasteiger charge is 2.27. The van der Waals surface area contributed by atoms with Gasteiger partial charge < -0.3 is 10.1 Å². The summed E-state index contributed by atoms with van der Waals surface area (Å²) in [5.41, 5.74) is 1.31. The quantitative estimate of drug-likeness (QED) is 0.437. The van der Waals surface area contributed by atoms with Crippen molar-refractivity contribution in [3.63, 3.8) is 0 Å². The smallest absolute Gasteiger partial charge is 0.264 e. The summed E-state index contributed by atoms with van der Waals surface area (Å²) >= 11 is 3.32. The first-order valence-corrected chi connectivity index (χ1v) is 12.4. The van der Waals surface area contributed by atoms with Crippen LogP contribution in [0, 0.1) is 0 Å². The van der Waals surface area contributed by atoms with E-state index in [1.165, 1.54) is 12.1 Å². The largest absolute Gasteiger partial charge is 0.494 e. The van der Waals surface area contributed by atoms with Crippen LogP contribution < -0.4 is 14.4 Å². The normalized spacial score (nSPS) is 12.1. The molecule has 3 rings (SSSR count). The van der Waals surface area contributed by atoms with E-state index in [0.717, 1.165) is 14.3 Å². The second-order valence-corrected chi connectivity index (χ2v) is 9.87. The van der Waals surface area contributed by atoms with Gasteiger partial charge in [0.1, 0.15) is 12.3 Å². The summed E-state index contributed by atoms with van der Waals surface area (Å²) in [5.74, 6) is 0.218. The molecule has 0 saturated carbocycles. The van der Waals surface area contributed by atoms with E-state index in [0.29, 0.717) is 18.0 Å². The van der Waals surface area contributed by atoms with Crippen molar-refractivity contribution in [1.82, 2.24) is 5.32 Å². The van der Waals surface area contributed by atoms with Crippen LogP contribution in [0.15, 0.2) is 88.2 Å². The van der Waals surface area contributed by atoms with Gasteiger partial charge >= 0.3 is 0 Å². The lowest BCUT2D eigenvalue weighted by atomic mass is 10.1. The van der Waals surface area contributed by atoms with Crippen LogP contribution in [0.25, 0.3) is 0 Å². The maximum atomic E-state index is 13.4. The van der Waals surface area contributed by atoms with E-state index in [-0.39, 0.29) is 17.5 Å². The second kappa shape index (κ2) is 10.7. The molecule has 0 aliphatic rings. The molecule has 0 radical (unpaired) electrons. The van der Waals surface area contributed by atoms with Gasteiger partial charge in [0.2, 0.25) is 5.91 Å². The SMILES string of the molecule is CCOc1ccc(N(CC(=O)N[C@H](C)c2ccccc2)S(=O)(=O)c2ccc(Br)cc2)cc1. The lowest BCUT2D eigenvalue weighted by molar-refractivity contribution is -0.120. The first-order chi connectivity index (χ1) is 15.3. The molecule has 0 bridgehead atoms. The summed E-state index contributed by atoms with van der Waals surface area (Å²) in [7, 11) is -3.98. The fraction of sp³-hybridized carbons (Fsp3) is 0.208. The van der Waals surface area contributed by atoms with Gasteiger partial charge in [-0.05, 0) is 67.9 Å². The Hall–Kier alpha value is -2.84. The van der Waals surface area contributed by atoms with Crippen LogP contribution >= 0.6 is 15.9 Å². The maximum Gasteiger partial charge on any atom is 0.264 e. The number of nitrogens with one attached hydrogen (secondary N) is 1. The molecule has 6 nitrogen and oxygen atoms in total. The van der Waals surface area contributed by atoms with E-state index < -0.39 is 15.9 Å². The van der Waals surface area contributed by atoms with Gasteiger partial charge in [0.25, 0.3) is 10.0 Å². The number of halogens is 1. The van der Waals surface area contributed by atoms with Crippen molar-refractivity contribution in [2.24, 2.45) is 0 Å². The average Bonchev–Trinajstić information content (AvgIpc) is 2.79. The summed E-state index contributed by atoms with van der Waals surface area (Å²) in [5, 5.41) is 2.88. The van der Waals surface area contributed by atoms with Crippen LogP contribution in [-0.4, -0.2) is 27.5 Å². The van der Waals surface area contributed by atoms with Crippen LogP contribution in [-0.2, 0) is 14.8 Å². The number of carbonyl (C=O) groups excluding carboxylic acids is 1. The number of amides is 1. The summed E-state index contributed by atoms with van der Waals surface area (Å²) in [6, 6.07) is 22.2. The van der Waals surface area contributed by atoms with Crippen molar-refractivity contribution in [1.29, 1.82) is 0 Å². The van der Waals surface area contributed by atoms with Gasteiger partial charge in [-0.15, -0.1) is 0 Å². The van der Waals surface area contributed by atoms with Crippen molar-refractivity contribution in [2.45, 2.75) is 24.8 Å². The third-order valence-corrected chi connectivity index (χ3v) is 7.12. The number of sulfonamides is 1. The van der Waals surface area contributed by atoms with Gasteiger partial charge in [0.05, 0.1) is 23.2 Å². The van der Waals surface area contributed by atoms with Crippen molar-refractivity contribution in [3.8, 4) is 5.75 Å². The van der Waals surface area contributed by atoms with E-state index in [2.05, 4.69) is 21.2 Å². The highest BCUT2D eigenvalue weighted by molar-refractivity contribution is 9.10. The molecule has 0 unspecified atom stereocenters. The number of hydrogen-bond acceptors (Lipinski definition) is 4. The van der Waals surface area contributed by atoms with Gasteiger partial charge in [-0.25, -0.2) is 8.42 Å². The minimum absolute atomic E-state index is 0.0958. The molecule has 1 amide bonds. The fourth-order valence-electron chi connectivity index (χ4n) is 3.17. The molecule has 3 aromatic rings. The van der Waals surface area contributed by atoms with Crippen LogP contribution in [0.4, 0.5) is 5.69 Å². The van der Waals surface area contributed by atoms with E-state index in [1.54, 1.807) is 36.4 Å². The Morgan fingerprint density at radius 2 is 1.62 bits per heavy atom. The monoisotopic (exact) mass is 516 g/mol. The minimum Gasteiger partial charge on any atom is -0.494 e. The Bertz CT molecular complexity index is 1130. The number of hydrogen-bond donors (Lipinski definition) is 1. The van der Waals surface area contributed by atoms with Crippen molar-refractivity contribution >= 4 is 37.5 Å². The molecule has 0 aliphatic heterocycles. The molecule has 0 heterocycles. The molecule has 3 aromatic carbocycles. The number of rotatable bonds is 9. The first kappa shape index (κ1) is 23.8. The van der Waals surface area contributed by atoms with E-state index in [9.17, 15) is 13.2 Å². The molecule has 1 atom stereocenters. The third-order valence-electron chi connectivity index (χ3n) is 4.80. The number of ether oxygens (including phenoxy) is 1. The molecular weight excluding hydrogens is 492 g/mol. The average molecular weight is 517 g/mol. The Labute approximate surface area is 197 Å². The Balaban J connectivity index is 1.89. The zero-order valence-corrected chi connectivity index (χ0v) is 20.3. The molecule has 0 spiro atoms. The fourth-order valence-corrected chi connectivity index (χ4v) is 4.85. The number of carbonyl (C=O) groups is 1. The molecule has 0 fully saturated rings. The zero-order valence-electron chi connectivity index (χ0n) is 17.9. The summed E-state index contributed by atoms with van der Waals surface area (Å²) in [6.07, 6.45) is 0. The highest BCUT2D eigenvalue weighted by atomic mass is 79.9. The highest BCUT2D eigenvalue weighted by Crippen LogP contribution is 2.27. The summed E-state index contributed by atoms with van der Waals surface area (Å²) in [6.45, 7) is 3.87. The van der Waals surface area contributed by atoms with Crippen LogP contribution in [0.2, 0.25) is 0 Å². The lowest BCUT2D eigenvalue weighted by Crippen LogP contribution is -2.41. The Morgan fingerprint density at radius 3 is 2.22 bits per heavy atom. The van der Waals surface area contributed by atoms with Gasteiger partial charge in [-0.2, -0.15) is 0 Å².